The lowest BCUT2D eigenvalue weighted by atomic mass is 10.1. The quantitative estimate of drug-likeness (QED) is 0.596. The van der Waals surface area contributed by atoms with Crippen LogP contribution in [0.3, 0.4) is 0 Å². The number of amides is 1. The minimum Gasteiger partial charge on any atom is -0.344 e. The number of fused-ring (bicyclic) bond motifs is 1. The number of alkyl halides is 1. The fourth-order valence-corrected chi connectivity index (χ4v) is 4.06. The summed E-state index contributed by atoms with van der Waals surface area (Å²) >= 11 is 10.2. The van der Waals surface area contributed by atoms with Crippen LogP contribution in [0.1, 0.15) is 27.5 Å². The highest BCUT2D eigenvalue weighted by Gasteiger charge is 2.32. The third-order valence-corrected chi connectivity index (χ3v) is 5.48. The predicted octanol–water partition coefficient (Wildman–Crippen LogP) is 3.99. The first kappa shape index (κ1) is 13.4. The number of nitrogens with one attached hydrogen (secondary N) is 1. The molecule has 1 aromatic heterocycles. The van der Waals surface area contributed by atoms with Crippen LogP contribution in [0.15, 0.2) is 35.7 Å². The number of hydrogen-bond acceptors (Lipinski definition) is 2. The second-order valence-corrected chi connectivity index (χ2v) is 7.88. The molecule has 1 N–H and O–H groups in total. The van der Waals surface area contributed by atoms with Gasteiger partial charge in [0, 0.05) is 5.38 Å². The maximum Gasteiger partial charge on any atom is 0.252 e. The van der Waals surface area contributed by atoms with E-state index in [2.05, 4.69) is 34.0 Å². The van der Waals surface area contributed by atoms with Crippen molar-refractivity contribution < 1.29 is 4.79 Å². The lowest BCUT2D eigenvalue weighted by Crippen LogP contribution is -2.31. The van der Waals surface area contributed by atoms with E-state index in [1.807, 2.05) is 29.6 Å². The van der Waals surface area contributed by atoms with E-state index >= 15 is 0 Å². The Bertz CT molecular complexity index is 627. The molecule has 0 saturated carbocycles. The third kappa shape index (κ3) is 2.66. The van der Waals surface area contributed by atoms with E-state index in [0.717, 1.165) is 14.9 Å². The predicted molar refractivity (Wildman–Crippen MR) is 87.0 cm³/mol. The first-order chi connectivity index (χ1) is 9.15. The first-order valence-electron chi connectivity index (χ1n) is 5.92. The molecular formula is C14H11ClINOS. The molecule has 2 nitrogen and oxygen atoms in total. The van der Waals surface area contributed by atoms with Gasteiger partial charge in [-0.25, -0.2) is 0 Å². The van der Waals surface area contributed by atoms with Gasteiger partial charge in [-0.3, -0.25) is 4.79 Å². The topological polar surface area (TPSA) is 29.1 Å². The fourth-order valence-electron chi connectivity index (χ4n) is 2.37. The molecule has 0 radical (unpaired) electrons. The zero-order chi connectivity index (χ0) is 13.4. The van der Waals surface area contributed by atoms with Gasteiger partial charge in [0.05, 0.1) is 19.9 Å². The van der Waals surface area contributed by atoms with Crippen molar-refractivity contribution in [2.45, 2.75) is 17.8 Å². The summed E-state index contributed by atoms with van der Waals surface area (Å²) in [5.74, 6) is -0.0495. The summed E-state index contributed by atoms with van der Waals surface area (Å²) in [5, 5.41) is 4.85. The molecule has 2 aromatic rings. The van der Waals surface area contributed by atoms with Crippen LogP contribution in [-0.4, -0.2) is 11.3 Å². The Morgan fingerprint density at radius 1 is 1.42 bits per heavy atom. The Labute approximate surface area is 134 Å². The van der Waals surface area contributed by atoms with Gasteiger partial charge in [0.2, 0.25) is 0 Å². The number of benzene rings is 1. The first-order valence-corrected chi connectivity index (χ1v) is 8.31. The molecule has 0 aliphatic heterocycles. The molecule has 0 spiro atoms. The molecule has 19 heavy (non-hydrogen) atoms. The molecular weight excluding hydrogens is 393 g/mol. The van der Waals surface area contributed by atoms with Crippen LogP contribution < -0.4 is 5.32 Å². The van der Waals surface area contributed by atoms with Crippen molar-refractivity contribution in [3.8, 4) is 0 Å². The maximum atomic E-state index is 12.2. The van der Waals surface area contributed by atoms with Crippen LogP contribution >= 0.6 is 45.5 Å². The number of halogens is 2. The van der Waals surface area contributed by atoms with Crippen molar-refractivity contribution in [1.82, 2.24) is 5.32 Å². The summed E-state index contributed by atoms with van der Waals surface area (Å²) < 4.78 is 1.11. The van der Waals surface area contributed by atoms with Crippen molar-refractivity contribution in [3.05, 3.63) is 55.3 Å². The Morgan fingerprint density at radius 2 is 2.21 bits per heavy atom. The minimum atomic E-state index is -0.0945. The van der Waals surface area contributed by atoms with Crippen LogP contribution in [0, 0.1) is 2.88 Å². The summed E-state index contributed by atoms with van der Waals surface area (Å²) in [6.07, 6.45) is 0.809. The van der Waals surface area contributed by atoms with Crippen molar-refractivity contribution in [3.63, 3.8) is 0 Å². The molecule has 0 fully saturated rings. The average Bonchev–Trinajstić information content (AvgIpc) is 2.95. The summed E-state index contributed by atoms with van der Waals surface area (Å²) in [6, 6.07) is 9.91. The van der Waals surface area contributed by atoms with Crippen molar-refractivity contribution in [2.75, 3.05) is 0 Å². The summed E-state index contributed by atoms with van der Waals surface area (Å²) in [4.78, 5) is 12.2. The van der Waals surface area contributed by atoms with Gasteiger partial charge in [-0.05, 0) is 46.2 Å². The highest BCUT2D eigenvalue weighted by atomic mass is 127. The largest absolute Gasteiger partial charge is 0.344 e. The lowest BCUT2D eigenvalue weighted by molar-refractivity contribution is 0.0937. The van der Waals surface area contributed by atoms with Gasteiger partial charge in [0.15, 0.2) is 0 Å². The van der Waals surface area contributed by atoms with E-state index in [0.29, 0.717) is 5.56 Å². The van der Waals surface area contributed by atoms with Crippen LogP contribution in [0.5, 0.6) is 0 Å². The number of thiophene rings is 1. The van der Waals surface area contributed by atoms with E-state index in [-0.39, 0.29) is 17.3 Å². The molecule has 2 unspecified atom stereocenters. The number of carbonyl (C=O) groups excluding carboxylic acids is 1. The smallest absolute Gasteiger partial charge is 0.252 e. The molecule has 1 aliphatic rings. The van der Waals surface area contributed by atoms with Crippen molar-refractivity contribution >= 4 is 51.4 Å². The lowest BCUT2D eigenvalue weighted by Gasteiger charge is -2.17. The van der Waals surface area contributed by atoms with E-state index in [4.69, 9.17) is 11.6 Å². The molecule has 1 aliphatic carbocycles. The molecule has 3 rings (SSSR count). The van der Waals surface area contributed by atoms with E-state index in [9.17, 15) is 4.79 Å². The number of carbonyl (C=O) groups is 1. The maximum absolute atomic E-state index is 12.2. The number of hydrogen-bond donors (Lipinski definition) is 1. The zero-order valence-corrected chi connectivity index (χ0v) is 13.6. The average molecular weight is 404 g/mol. The third-order valence-electron chi connectivity index (χ3n) is 3.28. The van der Waals surface area contributed by atoms with Crippen molar-refractivity contribution in [1.29, 1.82) is 0 Å². The Balaban J connectivity index is 1.82. The Morgan fingerprint density at radius 3 is 2.95 bits per heavy atom. The number of rotatable bonds is 2. The molecule has 1 amide bonds. The van der Waals surface area contributed by atoms with Crippen LogP contribution in [0.4, 0.5) is 0 Å². The minimum absolute atomic E-state index is 0.0495. The second kappa shape index (κ2) is 5.42. The highest BCUT2D eigenvalue weighted by molar-refractivity contribution is 14.1. The molecule has 98 valence electrons. The molecule has 1 aromatic carbocycles. The van der Waals surface area contributed by atoms with E-state index < -0.39 is 0 Å². The van der Waals surface area contributed by atoms with Gasteiger partial charge in [0.1, 0.15) is 0 Å². The Hall–Kier alpha value is -0.590. The molecule has 1 heterocycles. The van der Waals surface area contributed by atoms with Crippen LogP contribution in [0.2, 0.25) is 0 Å². The summed E-state index contributed by atoms with van der Waals surface area (Å²) in [7, 11) is 0. The monoisotopic (exact) mass is 403 g/mol. The molecule has 2 atom stereocenters. The van der Waals surface area contributed by atoms with Gasteiger partial charge in [0.25, 0.3) is 5.91 Å². The fraction of sp³-hybridized carbons (Fsp3) is 0.214. The van der Waals surface area contributed by atoms with Gasteiger partial charge in [-0.15, -0.1) is 22.9 Å². The van der Waals surface area contributed by atoms with Gasteiger partial charge >= 0.3 is 0 Å². The second-order valence-electron chi connectivity index (χ2n) is 4.51. The van der Waals surface area contributed by atoms with Crippen molar-refractivity contribution in [2.24, 2.45) is 0 Å². The standard InChI is InChI=1S/C14H11ClINOS/c15-11-5-8-3-1-2-4-10(8)13(11)17-14(18)9-6-12(16)19-7-9/h1-4,6-7,11,13H,5H2,(H,17,18). The van der Waals surface area contributed by atoms with Gasteiger partial charge in [-0.2, -0.15) is 0 Å². The van der Waals surface area contributed by atoms with E-state index in [1.54, 1.807) is 11.3 Å². The summed E-state index contributed by atoms with van der Waals surface area (Å²) in [6.45, 7) is 0. The molecule has 5 heteroatoms. The van der Waals surface area contributed by atoms with E-state index in [1.165, 1.54) is 5.56 Å². The molecule has 0 saturated heterocycles. The SMILES string of the molecule is O=C(NC1c2ccccc2CC1Cl)c1csc(I)c1. The highest BCUT2D eigenvalue weighted by Crippen LogP contribution is 2.35. The Kier molecular flexibility index (Phi) is 3.82. The normalized spacial score (nSPS) is 21.2. The summed E-state index contributed by atoms with van der Waals surface area (Å²) in [5.41, 5.74) is 3.08. The van der Waals surface area contributed by atoms with Gasteiger partial charge < -0.3 is 5.32 Å². The van der Waals surface area contributed by atoms with Gasteiger partial charge in [-0.1, -0.05) is 24.3 Å². The molecule has 0 bridgehead atoms. The zero-order valence-electron chi connectivity index (χ0n) is 9.90. The van der Waals surface area contributed by atoms with Crippen LogP contribution in [0.25, 0.3) is 0 Å². The van der Waals surface area contributed by atoms with Crippen LogP contribution in [-0.2, 0) is 6.42 Å².